The number of benzene rings is 3. The van der Waals surface area contributed by atoms with Crippen molar-refractivity contribution in [2.45, 2.75) is 39.4 Å². The van der Waals surface area contributed by atoms with Gasteiger partial charge in [-0.2, -0.15) is 0 Å². The number of fused-ring (bicyclic) bond motifs is 1. The summed E-state index contributed by atoms with van der Waals surface area (Å²) in [6, 6.07) is 22.1. The van der Waals surface area contributed by atoms with Crippen LogP contribution in [0.5, 0.6) is 0 Å². The molecule has 0 fully saturated rings. The molecule has 9 heteroatoms. The first-order valence-electron chi connectivity index (χ1n) is 13.3. The number of nitrogens with one attached hydrogen (secondary N) is 1. The Bertz CT molecular complexity index is 1630. The van der Waals surface area contributed by atoms with E-state index in [0.29, 0.717) is 37.6 Å². The van der Waals surface area contributed by atoms with Crippen molar-refractivity contribution in [1.82, 2.24) is 30.1 Å². The first-order valence-corrected chi connectivity index (χ1v) is 13.3. The number of hydrogen-bond acceptors (Lipinski definition) is 6. The molecule has 2 aromatic heterocycles. The summed E-state index contributed by atoms with van der Waals surface area (Å²) in [5.41, 5.74) is 5.45. The molecule has 5 rings (SSSR count). The Labute approximate surface area is 232 Å². The highest BCUT2D eigenvalue weighted by atomic mass is 19.1. The second kappa shape index (κ2) is 12.3. The summed E-state index contributed by atoms with van der Waals surface area (Å²) in [5, 5.41) is 13.6. The number of halogens is 1. The highest BCUT2D eigenvalue weighted by Crippen LogP contribution is 2.29. The smallest absolute Gasteiger partial charge is 0.253 e. The van der Waals surface area contributed by atoms with Crippen molar-refractivity contribution < 1.29 is 9.13 Å². The molecule has 3 aromatic carbocycles. The maximum Gasteiger partial charge on any atom is 0.253 e. The molecule has 0 amide bonds. The lowest BCUT2D eigenvalue weighted by Gasteiger charge is -2.31. The van der Waals surface area contributed by atoms with E-state index in [1.807, 2.05) is 37.3 Å². The molecule has 0 spiro atoms. The summed E-state index contributed by atoms with van der Waals surface area (Å²) in [5.74, 6) is 0.247. The number of hydrogen-bond donors (Lipinski definition) is 1. The van der Waals surface area contributed by atoms with Gasteiger partial charge in [-0.25, -0.2) is 9.07 Å². The molecule has 0 aliphatic rings. The van der Waals surface area contributed by atoms with Gasteiger partial charge in [0.15, 0.2) is 5.82 Å². The van der Waals surface area contributed by atoms with E-state index < -0.39 is 6.04 Å². The largest absolute Gasteiger partial charge is 0.383 e. The van der Waals surface area contributed by atoms with Crippen LogP contribution in [-0.4, -0.2) is 50.4 Å². The molecular weight excluding hydrogens is 507 g/mol. The molecule has 0 bridgehead atoms. The second-order valence-electron chi connectivity index (χ2n) is 10.1. The number of nitrogens with zero attached hydrogens (tertiary/aromatic N) is 5. The average Bonchev–Trinajstić information content (AvgIpc) is 3.41. The van der Waals surface area contributed by atoms with Gasteiger partial charge < -0.3 is 9.72 Å². The van der Waals surface area contributed by atoms with Crippen LogP contribution in [0.25, 0.3) is 10.9 Å². The molecule has 0 unspecified atom stereocenters. The topological polar surface area (TPSA) is 88.9 Å². The van der Waals surface area contributed by atoms with Crippen molar-refractivity contribution in [2.24, 2.45) is 0 Å². The summed E-state index contributed by atoms with van der Waals surface area (Å²) >= 11 is 0. The Balaban J connectivity index is 1.65. The monoisotopic (exact) mass is 540 g/mol. The molecule has 0 aliphatic heterocycles. The highest BCUT2D eigenvalue weighted by Gasteiger charge is 2.30. The molecule has 1 N–H and O–H groups in total. The van der Waals surface area contributed by atoms with Crippen LogP contribution in [0, 0.1) is 19.7 Å². The third kappa shape index (κ3) is 6.16. The van der Waals surface area contributed by atoms with Gasteiger partial charge in [-0.05, 0) is 88.7 Å². The number of aromatic amines is 1. The minimum atomic E-state index is -0.574. The van der Waals surface area contributed by atoms with Gasteiger partial charge in [0, 0.05) is 31.3 Å². The van der Waals surface area contributed by atoms with Crippen LogP contribution >= 0.6 is 0 Å². The van der Waals surface area contributed by atoms with Crippen LogP contribution in [0.4, 0.5) is 4.39 Å². The predicted molar refractivity (Wildman–Crippen MR) is 153 cm³/mol. The molecule has 206 valence electrons. The van der Waals surface area contributed by atoms with E-state index in [0.717, 1.165) is 34.0 Å². The molecule has 5 aromatic rings. The standard InChI is InChI=1S/C31H33FN6O2/c1-21-17-25-19-27(31(39)33-28(25)18-22(21)2)29(30-34-35-36-38(30)15-16-40-3)37(14-13-23-7-5-4-6-8-23)20-24-9-11-26(32)12-10-24/h4-12,17-19,29H,13-16,20H2,1-3H3,(H,33,39)/t29-/m1/s1. The lowest BCUT2D eigenvalue weighted by molar-refractivity contribution is 0.172. The van der Waals surface area contributed by atoms with E-state index in [2.05, 4.69) is 50.5 Å². The number of tetrazole rings is 1. The zero-order valence-electron chi connectivity index (χ0n) is 23.0. The summed E-state index contributed by atoms with van der Waals surface area (Å²) < 4.78 is 20.8. The Morgan fingerprint density at radius 1 is 1.00 bits per heavy atom. The van der Waals surface area contributed by atoms with Gasteiger partial charge in [0.05, 0.1) is 13.2 Å². The van der Waals surface area contributed by atoms with Crippen molar-refractivity contribution in [1.29, 1.82) is 0 Å². The fourth-order valence-electron chi connectivity index (χ4n) is 4.98. The van der Waals surface area contributed by atoms with Gasteiger partial charge in [0.2, 0.25) is 0 Å². The molecule has 0 saturated carbocycles. The van der Waals surface area contributed by atoms with Gasteiger partial charge in [-0.1, -0.05) is 42.5 Å². The Hall–Kier alpha value is -4.21. The fourth-order valence-corrected chi connectivity index (χ4v) is 4.98. The quantitative estimate of drug-likeness (QED) is 0.260. The molecule has 8 nitrogen and oxygen atoms in total. The lowest BCUT2D eigenvalue weighted by atomic mass is 9.99. The van der Waals surface area contributed by atoms with Crippen LogP contribution in [0.15, 0.2) is 77.6 Å². The number of H-pyrrole nitrogens is 1. The summed E-state index contributed by atoms with van der Waals surface area (Å²) in [6.45, 7) is 6.00. The maximum absolute atomic E-state index is 13.8. The van der Waals surface area contributed by atoms with Crippen molar-refractivity contribution >= 4 is 10.9 Å². The molecular formula is C31H33FN6O2. The zero-order chi connectivity index (χ0) is 28.1. The Morgan fingerprint density at radius 2 is 1.75 bits per heavy atom. The maximum atomic E-state index is 13.8. The van der Waals surface area contributed by atoms with E-state index in [1.165, 1.54) is 17.7 Å². The second-order valence-corrected chi connectivity index (χ2v) is 10.1. The SMILES string of the molecule is COCCn1nnnc1[C@@H](c1cc2cc(C)c(C)cc2[nH]c1=O)N(CCc1ccccc1)Cc1ccc(F)cc1. The van der Waals surface area contributed by atoms with Crippen molar-refractivity contribution in [3.63, 3.8) is 0 Å². The molecule has 1 atom stereocenters. The van der Waals surface area contributed by atoms with E-state index in [9.17, 15) is 9.18 Å². The van der Waals surface area contributed by atoms with Crippen LogP contribution in [0.3, 0.4) is 0 Å². The summed E-state index contributed by atoms with van der Waals surface area (Å²) in [7, 11) is 1.63. The fraction of sp³-hybridized carbons (Fsp3) is 0.290. The van der Waals surface area contributed by atoms with Crippen LogP contribution in [-0.2, 0) is 24.2 Å². The zero-order valence-corrected chi connectivity index (χ0v) is 23.0. The Morgan fingerprint density at radius 3 is 2.50 bits per heavy atom. The third-order valence-corrected chi connectivity index (χ3v) is 7.29. The van der Waals surface area contributed by atoms with Crippen molar-refractivity contribution in [3.05, 3.63) is 123 Å². The van der Waals surface area contributed by atoms with Gasteiger partial charge in [0.1, 0.15) is 11.9 Å². The van der Waals surface area contributed by atoms with Gasteiger partial charge in [-0.15, -0.1) is 5.10 Å². The van der Waals surface area contributed by atoms with Crippen molar-refractivity contribution in [3.8, 4) is 0 Å². The van der Waals surface area contributed by atoms with Gasteiger partial charge >= 0.3 is 0 Å². The summed E-state index contributed by atoms with van der Waals surface area (Å²) in [4.78, 5) is 19.0. The van der Waals surface area contributed by atoms with Gasteiger partial charge in [0.25, 0.3) is 5.56 Å². The third-order valence-electron chi connectivity index (χ3n) is 7.29. The molecule has 0 radical (unpaired) electrons. The molecule has 40 heavy (non-hydrogen) atoms. The first-order chi connectivity index (χ1) is 19.4. The number of pyridine rings is 1. The first kappa shape index (κ1) is 27.4. The molecule has 2 heterocycles. The van der Waals surface area contributed by atoms with Crippen molar-refractivity contribution in [2.75, 3.05) is 20.3 Å². The molecule has 0 aliphatic carbocycles. The number of aryl methyl sites for hydroxylation is 2. The van der Waals surface area contributed by atoms with Crippen LogP contribution in [0.2, 0.25) is 0 Å². The van der Waals surface area contributed by atoms with Gasteiger partial charge in [-0.3, -0.25) is 9.69 Å². The van der Waals surface area contributed by atoms with E-state index in [1.54, 1.807) is 23.9 Å². The number of ether oxygens (including phenoxy) is 1. The Kier molecular flexibility index (Phi) is 8.42. The minimum absolute atomic E-state index is 0.203. The van der Waals surface area contributed by atoms with E-state index in [-0.39, 0.29) is 11.4 Å². The van der Waals surface area contributed by atoms with E-state index >= 15 is 0 Å². The van der Waals surface area contributed by atoms with Crippen LogP contribution in [0.1, 0.15) is 39.7 Å². The minimum Gasteiger partial charge on any atom is -0.383 e. The highest BCUT2D eigenvalue weighted by molar-refractivity contribution is 5.81. The predicted octanol–water partition coefficient (Wildman–Crippen LogP) is 4.75. The summed E-state index contributed by atoms with van der Waals surface area (Å²) in [6.07, 6.45) is 0.738. The van der Waals surface area contributed by atoms with E-state index in [4.69, 9.17) is 4.74 Å². The lowest BCUT2D eigenvalue weighted by Crippen LogP contribution is -2.36. The number of methoxy groups -OCH3 is 1. The molecule has 0 saturated heterocycles. The van der Waals surface area contributed by atoms with Crippen LogP contribution < -0.4 is 5.56 Å². The normalized spacial score (nSPS) is 12.3. The number of rotatable bonds is 11. The average molecular weight is 541 g/mol. The number of aromatic nitrogens is 5.